The lowest BCUT2D eigenvalue weighted by Gasteiger charge is -2.36. The van der Waals surface area contributed by atoms with E-state index < -0.39 is 10.0 Å². The molecule has 7 nitrogen and oxygen atoms in total. The molecule has 0 aliphatic carbocycles. The minimum Gasteiger partial charge on any atom is -0.342 e. The molecule has 0 atom stereocenters. The van der Waals surface area contributed by atoms with Crippen LogP contribution in [0.25, 0.3) is 0 Å². The van der Waals surface area contributed by atoms with Crippen molar-refractivity contribution in [2.45, 2.75) is 56.8 Å². The molecule has 0 unspecified atom stereocenters. The van der Waals surface area contributed by atoms with Crippen LogP contribution in [-0.4, -0.2) is 73.6 Å². The molecule has 3 saturated heterocycles. The van der Waals surface area contributed by atoms with Gasteiger partial charge in [-0.25, -0.2) is 8.42 Å². The van der Waals surface area contributed by atoms with E-state index in [0.717, 1.165) is 45.2 Å². The van der Waals surface area contributed by atoms with Gasteiger partial charge in [0.15, 0.2) is 0 Å². The standard InChI is InChI=1S/C24H34ClN3O4S/c1-18-7-13-26(14-8-18)23(29)19-9-15-27(16-10-19)24(30)20-5-6-21(25)22(17-20)33(31,32)28-11-3-2-4-12-28/h5-6,17-19H,2-4,7-16H2,1H3. The van der Waals surface area contributed by atoms with Crippen molar-refractivity contribution in [1.82, 2.24) is 14.1 Å². The Balaban J connectivity index is 1.41. The molecule has 0 radical (unpaired) electrons. The number of benzene rings is 1. The average molecular weight is 496 g/mol. The Bertz CT molecular complexity index is 977. The summed E-state index contributed by atoms with van der Waals surface area (Å²) < 4.78 is 27.7. The number of piperidine rings is 3. The van der Waals surface area contributed by atoms with Crippen LogP contribution in [0, 0.1) is 11.8 Å². The zero-order valence-electron chi connectivity index (χ0n) is 19.3. The number of sulfonamides is 1. The molecule has 0 N–H and O–H groups in total. The average Bonchev–Trinajstić information content (AvgIpc) is 2.84. The number of amides is 2. The predicted octanol–water partition coefficient (Wildman–Crippen LogP) is 3.63. The first kappa shape index (κ1) is 24.5. The summed E-state index contributed by atoms with van der Waals surface area (Å²) in [6.07, 6.45) is 6.09. The van der Waals surface area contributed by atoms with Gasteiger partial charge in [-0.15, -0.1) is 0 Å². The van der Waals surface area contributed by atoms with Crippen LogP contribution >= 0.6 is 11.6 Å². The first-order chi connectivity index (χ1) is 15.8. The number of halogens is 1. The normalized spacial score (nSPS) is 21.9. The fourth-order valence-electron chi connectivity index (χ4n) is 5.08. The van der Waals surface area contributed by atoms with Gasteiger partial charge in [0, 0.05) is 50.7 Å². The van der Waals surface area contributed by atoms with Gasteiger partial charge >= 0.3 is 0 Å². The van der Waals surface area contributed by atoms with Crippen molar-refractivity contribution in [1.29, 1.82) is 0 Å². The molecule has 3 fully saturated rings. The summed E-state index contributed by atoms with van der Waals surface area (Å²) in [6.45, 7) is 5.84. The third-order valence-corrected chi connectivity index (χ3v) is 9.72. The molecule has 2 amide bonds. The number of rotatable bonds is 4. The lowest BCUT2D eigenvalue weighted by molar-refractivity contribution is -0.138. The molecule has 33 heavy (non-hydrogen) atoms. The Kier molecular flexibility index (Phi) is 7.66. The Morgan fingerprint density at radius 2 is 1.48 bits per heavy atom. The van der Waals surface area contributed by atoms with Crippen molar-refractivity contribution in [3.8, 4) is 0 Å². The molecular formula is C24H34ClN3O4S. The Hall–Kier alpha value is -1.64. The summed E-state index contributed by atoms with van der Waals surface area (Å²) >= 11 is 6.25. The molecule has 0 bridgehead atoms. The number of carbonyl (C=O) groups is 2. The number of carbonyl (C=O) groups excluding carboxylic acids is 2. The highest BCUT2D eigenvalue weighted by atomic mass is 35.5. The molecule has 4 rings (SSSR count). The van der Waals surface area contributed by atoms with Gasteiger partial charge < -0.3 is 9.80 Å². The molecule has 0 aromatic heterocycles. The summed E-state index contributed by atoms with van der Waals surface area (Å²) in [7, 11) is -3.74. The summed E-state index contributed by atoms with van der Waals surface area (Å²) in [5, 5.41) is 0.136. The number of hydrogen-bond acceptors (Lipinski definition) is 4. The van der Waals surface area contributed by atoms with E-state index in [-0.39, 0.29) is 27.7 Å². The van der Waals surface area contributed by atoms with E-state index in [1.54, 1.807) is 11.0 Å². The monoisotopic (exact) mass is 495 g/mol. The molecule has 1 aromatic rings. The maximum Gasteiger partial charge on any atom is 0.253 e. The van der Waals surface area contributed by atoms with Crippen LogP contribution in [0.5, 0.6) is 0 Å². The van der Waals surface area contributed by atoms with Crippen molar-refractivity contribution >= 4 is 33.4 Å². The minimum absolute atomic E-state index is 0.00121. The molecule has 1 aromatic carbocycles. The van der Waals surface area contributed by atoms with Gasteiger partial charge in [-0.3, -0.25) is 9.59 Å². The van der Waals surface area contributed by atoms with E-state index in [0.29, 0.717) is 50.5 Å². The van der Waals surface area contributed by atoms with Crippen LogP contribution in [0.2, 0.25) is 5.02 Å². The summed E-state index contributed by atoms with van der Waals surface area (Å²) in [5.74, 6) is 0.647. The van der Waals surface area contributed by atoms with Crippen molar-refractivity contribution < 1.29 is 18.0 Å². The number of hydrogen-bond donors (Lipinski definition) is 0. The van der Waals surface area contributed by atoms with Gasteiger partial charge in [0.1, 0.15) is 4.90 Å². The molecule has 0 spiro atoms. The third-order valence-electron chi connectivity index (χ3n) is 7.34. The second-order valence-electron chi connectivity index (χ2n) is 9.68. The van der Waals surface area contributed by atoms with Gasteiger partial charge in [0.05, 0.1) is 5.02 Å². The Labute approximate surface area is 202 Å². The smallest absolute Gasteiger partial charge is 0.253 e. The SMILES string of the molecule is CC1CCN(C(=O)C2CCN(C(=O)c3ccc(Cl)c(S(=O)(=O)N4CCCCC4)c3)CC2)CC1. The van der Waals surface area contributed by atoms with Crippen LogP contribution in [0.4, 0.5) is 0 Å². The Morgan fingerprint density at radius 1 is 0.879 bits per heavy atom. The van der Waals surface area contributed by atoms with E-state index in [2.05, 4.69) is 6.92 Å². The third kappa shape index (κ3) is 5.38. The van der Waals surface area contributed by atoms with Gasteiger partial charge in [-0.05, 0) is 62.6 Å². The highest BCUT2D eigenvalue weighted by Crippen LogP contribution is 2.29. The number of likely N-dealkylation sites (tertiary alicyclic amines) is 2. The van der Waals surface area contributed by atoms with Gasteiger partial charge in [0.25, 0.3) is 5.91 Å². The van der Waals surface area contributed by atoms with Crippen molar-refractivity contribution in [3.05, 3.63) is 28.8 Å². The van der Waals surface area contributed by atoms with Crippen LogP contribution in [0.1, 0.15) is 62.2 Å². The van der Waals surface area contributed by atoms with Gasteiger partial charge in [0.2, 0.25) is 15.9 Å². The highest BCUT2D eigenvalue weighted by molar-refractivity contribution is 7.89. The maximum absolute atomic E-state index is 13.2. The molecule has 3 heterocycles. The topological polar surface area (TPSA) is 78.0 Å². The maximum atomic E-state index is 13.2. The zero-order valence-corrected chi connectivity index (χ0v) is 20.9. The van der Waals surface area contributed by atoms with Gasteiger partial charge in [-0.2, -0.15) is 4.31 Å². The van der Waals surface area contributed by atoms with Crippen molar-refractivity contribution in [3.63, 3.8) is 0 Å². The predicted molar refractivity (Wildman–Crippen MR) is 128 cm³/mol. The van der Waals surface area contributed by atoms with E-state index in [1.807, 2.05) is 4.90 Å². The van der Waals surface area contributed by atoms with Crippen LogP contribution in [-0.2, 0) is 14.8 Å². The van der Waals surface area contributed by atoms with Crippen molar-refractivity contribution in [2.75, 3.05) is 39.3 Å². The molecule has 3 aliphatic rings. The highest BCUT2D eigenvalue weighted by Gasteiger charge is 2.33. The first-order valence-corrected chi connectivity index (χ1v) is 14.0. The molecule has 182 valence electrons. The first-order valence-electron chi connectivity index (χ1n) is 12.1. The van der Waals surface area contributed by atoms with Crippen LogP contribution in [0.3, 0.4) is 0 Å². The molecule has 0 saturated carbocycles. The summed E-state index contributed by atoms with van der Waals surface area (Å²) in [6, 6.07) is 4.51. The zero-order chi connectivity index (χ0) is 23.6. The fourth-order valence-corrected chi connectivity index (χ4v) is 7.10. The van der Waals surface area contributed by atoms with E-state index in [1.165, 1.54) is 16.4 Å². The molecular weight excluding hydrogens is 462 g/mol. The van der Waals surface area contributed by atoms with Crippen LogP contribution < -0.4 is 0 Å². The molecule has 3 aliphatic heterocycles. The summed E-state index contributed by atoms with van der Waals surface area (Å²) in [5.41, 5.74) is 0.324. The minimum atomic E-state index is -3.74. The van der Waals surface area contributed by atoms with Gasteiger partial charge in [-0.1, -0.05) is 24.9 Å². The largest absolute Gasteiger partial charge is 0.342 e. The van der Waals surface area contributed by atoms with E-state index in [4.69, 9.17) is 11.6 Å². The second-order valence-corrected chi connectivity index (χ2v) is 12.0. The number of nitrogens with zero attached hydrogens (tertiary/aromatic N) is 3. The van der Waals surface area contributed by atoms with Crippen LogP contribution in [0.15, 0.2) is 23.1 Å². The quantitative estimate of drug-likeness (QED) is 0.639. The Morgan fingerprint density at radius 3 is 2.12 bits per heavy atom. The molecule has 9 heteroatoms. The lowest BCUT2D eigenvalue weighted by Crippen LogP contribution is -2.46. The lowest BCUT2D eigenvalue weighted by atomic mass is 9.92. The summed E-state index contributed by atoms with van der Waals surface area (Å²) in [4.78, 5) is 29.8. The van der Waals surface area contributed by atoms with E-state index >= 15 is 0 Å². The van der Waals surface area contributed by atoms with Crippen molar-refractivity contribution in [2.24, 2.45) is 11.8 Å². The second kappa shape index (κ2) is 10.3. The van der Waals surface area contributed by atoms with E-state index in [9.17, 15) is 18.0 Å². The fraction of sp³-hybridized carbons (Fsp3) is 0.667.